The Bertz CT molecular complexity index is 1670. The fraction of sp³-hybridized carbons (Fsp3) is 0.625. The zero-order valence-electron chi connectivity index (χ0n) is 32.3. The van der Waals surface area contributed by atoms with Crippen LogP contribution >= 0.6 is 11.8 Å². The van der Waals surface area contributed by atoms with Crippen molar-refractivity contribution in [3.05, 3.63) is 48.0 Å². The summed E-state index contributed by atoms with van der Waals surface area (Å²) in [4.78, 5) is 43.4. The Labute approximate surface area is 315 Å². The average molecular weight is 758 g/mol. The smallest absolute Gasteiger partial charge is 0.318 e. The molecule has 2 aromatic rings. The molecule has 0 bridgehead atoms. The first-order valence-electron chi connectivity index (χ1n) is 18.9. The van der Waals surface area contributed by atoms with Crippen molar-refractivity contribution in [2.45, 2.75) is 127 Å². The van der Waals surface area contributed by atoms with Crippen LogP contribution in [0.4, 0.5) is 11.4 Å². The number of rotatable bonds is 18. The number of nitrogens with zero attached hydrogens (tertiary/aromatic N) is 1. The molecular formula is C40H59N3O7S2. The summed E-state index contributed by atoms with van der Waals surface area (Å²) in [6.45, 7) is 16.6. The van der Waals surface area contributed by atoms with E-state index in [0.717, 1.165) is 54.7 Å². The maximum Gasteiger partial charge on any atom is 0.318 e. The molecule has 2 aliphatic rings. The minimum atomic E-state index is -4.17. The topological polar surface area (TPSA) is 131 Å². The van der Waals surface area contributed by atoms with Gasteiger partial charge >= 0.3 is 5.97 Å². The van der Waals surface area contributed by atoms with Crippen LogP contribution in [0.15, 0.2) is 52.3 Å². The molecule has 52 heavy (non-hydrogen) atoms. The molecule has 1 fully saturated rings. The van der Waals surface area contributed by atoms with Crippen molar-refractivity contribution in [2.75, 3.05) is 36.1 Å². The van der Waals surface area contributed by atoms with Gasteiger partial charge in [-0.3, -0.25) is 14.4 Å². The van der Waals surface area contributed by atoms with E-state index in [-0.39, 0.29) is 16.9 Å². The Balaban J connectivity index is 1.79. The van der Waals surface area contributed by atoms with Crippen molar-refractivity contribution < 1.29 is 32.3 Å². The third kappa shape index (κ3) is 9.78. The molecule has 4 rings (SSSR count). The molecule has 10 nitrogen and oxygen atoms in total. The van der Waals surface area contributed by atoms with Crippen molar-refractivity contribution in [2.24, 2.45) is 17.8 Å². The van der Waals surface area contributed by atoms with E-state index < -0.39 is 51.3 Å². The van der Waals surface area contributed by atoms with Crippen molar-refractivity contribution in [3.63, 3.8) is 0 Å². The molecule has 2 aromatic carbocycles. The number of benzene rings is 2. The molecule has 288 valence electrons. The first-order valence-corrected chi connectivity index (χ1v) is 21.3. The predicted octanol–water partition coefficient (Wildman–Crippen LogP) is 8.02. The monoisotopic (exact) mass is 757 g/mol. The summed E-state index contributed by atoms with van der Waals surface area (Å²) in [5.74, 6) is -3.70. The molecule has 2 heterocycles. The van der Waals surface area contributed by atoms with Crippen LogP contribution in [0.3, 0.4) is 0 Å². The van der Waals surface area contributed by atoms with Crippen molar-refractivity contribution in [1.29, 1.82) is 0 Å². The summed E-state index contributed by atoms with van der Waals surface area (Å²) in [6, 6.07) is 12.5. The van der Waals surface area contributed by atoms with E-state index in [9.17, 15) is 22.8 Å². The SMILES string of the molecule is CCCCOCCCN1C(C(C(=O)Nc2cc(C(C)(C)C)ccc2SCC(CC)CCCC)C2C(=O)OC(C)(C)C2=O)Nc2ccccc2S1(=O)=O. The largest absolute Gasteiger partial charge is 0.451 e. The van der Waals surface area contributed by atoms with E-state index in [1.165, 1.54) is 24.2 Å². The summed E-state index contributed by atoms with van der Waals surface area (Å²) in [5, 5.41) is 6.38. The number of thioether (sulfide) groups is 1. The number of sulfonamides is 1. The molecule has 1 amide bonds. The number of ether oxygens (including phenoxy) is 2. The van der Waals surface area contributed by atoms with E-state index in [0.29, 0.717) is 36.9 Å². The highest BCUT2D eigenvalue weighted by atomic mass is 32.2. The molecule has 2 N–H and O–H groups in total. The molecule has 0 spiro atoms. The number of hydrogen-bond donors (Lipinski definition) is 2. The average Bonchev–Trinajstić information content (AvgIpc) is 3.29. The molecule has 0 saturated carbocycles. The number of hydrogen-bond acceptors (Lipinski definition) is 9. The van der Waals surface area contributed by atoms with Gasteiger partial charge in [0.15, 0.2) is 11.4 Å². The van der Waals surface area contributed by atoms with Gasteiger partial charge in [-0.1, -0.05) is 85.4 Å². The molecule has 1 saturated heterocycles. The highest BCUT2D eigenvalue weighted by molar-refractivity contribution is 7.99. The second-order valence-corrected chi connectivity index (χ2v) is 18.4. The zero-order valence-corrected chi connectivity index (χ0v) is 33.9. The zero-order chi connectivity index (χ0) is 38.3. The predicted molar refractivity (Wildman–Crippen MR) is 208 cm³/mol. The molecule has 12 heteroatoms. The number of carbonyl (C=O) groups excluding carboxylic acids is 3. The van der Waals surface area contributed by atoms with Gasteiger partial charge < -0.3 is 20.1 Å². The number of nitrogens with one attached hydrogen (secondary N) is 2. The first-order chi connectivity index (χ1) is 24.6. The third-order valence-electron chi connectivity index (χ3n) is 10.0. The number of unbranched alkanes of at least 4 members (excludes halogenated alkanes) is 2. The van der Waals surface area contributed by atoms with Crippen LogP contribution in [0.25, 0.3) is 0 Å². The van der Waals surface area contributed by atoms with Crippen molar-refractivity contribution >= 4 is 50.8 Å². The first kappa shape index (κ1) is 41.8. The molecular weight excluding hydrogens is 699 g/mol. The number of amides is 1. The maximum atomic E-state index is 14.9. The number of anilines is 2. The van der Waals surface area contributed by atoms with E-state index in [1.807, 2.05) is 12.1 Å². The number of esters is 1. The van der Waals surface area contributed by atoms with Crippen LogP contribution < -0.4 is 10.6 Å². The molecule has 4 unspecified atom stereocenters. The van der Waals surface area contributed by atoms with Gasteiger partial charge in [-0.25, -0.2) is 8.42 Å². The lowest BCUT2D eigenvalue weighted by molar-refractivity contribution is -0.151. The van der Waals surface area contributed by atoms with E-state index >= 15 is 0 Å². The van der Waals surface area contributed by atoms with Gasteiger partial charge in [-0.2, -0.15) is 4.31 Å². The lowest BCUT2D eigenvalue weighted by atomic mass is 9.82. The Morgan fingerprint density at radius 1 is 1.04 bits per heavy atom. The number of Topliss-reactive ketones (excluding diaryl/α,β-unsaturated/α-hetero) is 1. The summed E-state index contributed by atoms with van der Waals surface area (Å²) < 4.78 is 41.2. The second-order valence-electron chi connectivity index (χ2n) is 15.5. The van der Waals surface area contributed by atoms with Gasteiger partial charge in [-0.05, 0) is 74.3 Å². The van der Waals surface area contributed by atoms with E-state index in [2.05, 4.69) is 58.2 Å². The third-order valence-corrected chi connectivity index (χ3v) is 13.2. The Kier molecular flexibility index (Phi) is 14.4. The standard InChI is InChI=1S/C40H59N3O7S2/c1-9-12-17-27(11-3)26-51-31-21-20-28(39(4,5)6)25-30(31)42-37(45)34(33-35(44)40(7,8)50-38(33)46)36-41-29-18-14-15-19-32(29)52(47,48)43(36)22-16-24-49-23-13-10-2/h14-15,18-21,25,27,33-34,36,41H,9-13,16-17,22-24,26H2,1-8H3,(H,42,45). The van der Waals surface area contributed by atoms with Crippen molar-refractivity contribution in [1.82, 2.24) is 4.31 Å². The van der Waals surface area contributed by atoms with Crippen LogP contribution in [0, 0.1) is 17.8 Å². The number of para-hydroxylation sites is 1. The van der Waals surface area contributed by atoms with Gasteiger partial charge in [0, 0.05) is 30.4 Å². The Morgan fingerprint density at radius 2 is 1.73 bits per heavy atom. The number of ketones is 1. The fourth-order valence-corrected chi connectivity index (χ4v) is 9.70. The number of cyclic esters (lactones) is 1. The van der Waals surface area contributed by atoms with Crippen LogP contribution in [0.2, 0.25) is 0 Å². The van der Waals surface area contributed by atoms with Crippen molar-refractivity contribution in [3.8, 4) is 0 Å². The van der Waals surface area contributed by atoms with Crippen LogP contribution in [0.5, 0.6) is 0 Å². The van der Waals surface area contributed by atoms with Crippen LogP contribution in [-0.4, -0.2) is 67.7 Å². The maximum absolute atomic E-state index is 14.9. The highest BCUT2D eigenvalue weighted by Crippen LogP contribution is 2.42. The molecule has 4 atom stereocenters. The fourth-order valence-electron chi connectivity index (χ4n) is 6.69. The summed E-state index contributed by atoms with van der Waals surface area (Å²) in [5.41, 5.74) is 0.137. The normalized spacial score (nSPS) is 20.8. The lowest BCUT2D eigenvalue weighted by Gasteiger charge is -2.41. The van der Waals surface area contributed by atoms with Gasteiger partial charge in [0.2, 0.25) is 15.9 Å². The molecule has 0 radical (unpaired) electrons. The second kappa shape index (κ2) is 17.9. The molecule has 2 aliphatic heterocycles. The minimum Gasteiger partial charge on any atom is -0.451 e. The minimum absolute atomic E-state index is 0.000365. The van der Waals surface area contributed by atoms with E-state index in [1.54, 1.807) is 30.0 Å². The lowest BCUT2D eigenvalue weighted by Crippen LogP contribution is -2.58. The summed E-state index contributed by atoms with van der Waals surface area (Å²) in [7, 11) is -4.17. The molecule has 0 aromatic heterocycles. The number of carbonyl (C=O) groups is 3. The van der Waals surface area contributed by atoms with Gasteiger partial charge in [0.1, 0.15) is 17.0 Å². The molecule has 0 aliphatic carbocycles. The van der Waals surface area contributed by atoms with Gasteiger partial charge in [-0.15, -0.1) is 11.8 Å². The Morgan fingerprint density at radius 3 is 2.37 bits per heavy atom. The summed E-state index contributed by atoms with van der Waals surface area (Å²) in [6.07, 6.45) is 5.37. The summed E-state index contributed by atoms with van der Waals surface area (Å²) >= 11 is 1.67. The quantitative estimate of drug-likeness (QED) is 0.0672. The van der Waals surface area contributed by atoms with Gasteiger partial charge in [0.05, 0.1) is 17.3 Å². The highest BCUT2D eigenvalue weighted by Gasteiger charge is 2.58. The van der Waals surface area contributed by atoms with Gasteiger partial charge in [0.25, 0.3) is 0 Å². The van der Waals surface area contributed by atoms with Crippen LogP contribution in [0.1, 0.15) is 106 Å². The van der Waals surface area contributed by atoms with E-state index in [4.69, 9.17) is 9.47 Å². The number of fused-ring (bicyclic) bond motifs is 1. The Hall–Kier alpha value is -2.93. The van der Waals surface area contributed by atoms with Crippen LogP contribution in [-0.2, 0) is 39.3 Å².